The lowest BCUT2D eigenvalue weighted by Crippen LogP contribution is -2.24. The number of nitrogens with one attached hydrogen (secondary N) is 1. The molecular formula is C15H12Cl2NO2-. The molecule has 0 aliphatic rings. The van der Waals surface area contributed by atoms with E-state index >= 15 is 0 Å². The van der Waals surface area contributed by atoms with E-state index in [1.54, 1.807) is 37.3 Å². The van der Waals surface area contributed by atoms with Gasteiger partial charge in [0.25, 0.3) is 0 Å². The van der Waals surface area contributed by atoms with E-state index in [4.69, 9.17) is 23.2 Å². The van der Waals surface area contributed by atoms with Crippen LogP contribution >= 0.6 is 23.2 Å². The lowest BCUT2D eigenvalue weighted by atomic mass is 10.1. The summed E-state index contributed by atoms with van der Waals surface area (Å²) in [6.07, 6.45) is 0. The zero-order valence-electron chi connectivity index (χ0n) is 11.0. The minimum absolute atomic E-state index is 0.0983. The van der Waals surface area contributed by atoms with E-state index in [1.807, 2.05) is 6.92 Å². The summed E-state index contributed by atoms with van der Waals surface area (Å²) in [5.74, 6) is -1.24. The fourth-order valence-electron chi connectivity index (χ4n) is 1.95. The molecule has 1 N–H and O–H groups in total. The van der Waals surface area contributed by atoms with Crippen molar-refractivity contribution >= 4 is 40.5 Å². The number of rotatable bonds is 3. The Morgan fingerprint density at radius 2 is 1.80 bits per heavy atom. The molecular weight excluding hydrogens is 297 g/mol. The van der Waals surface area contributed by atoms with Crippen molar-refractivity contribution in [3.05, 3.63) is 57.1 Å². The summed E-state index contributed by atoms with van der Waals surface area (Å²) in [5.41, 5.74) is 2.44. The SMILES string of the molecule is Cc1ccc(Cl)c(Nc2cccc(C)c2C(=O)[O-])c1Cl. The Kier molecular flexibility index (Phi) is 4.21. The molecule has 104 valence electrons. The third-order valence-electron chi connectivity index (χ3n) is 3.02. The first kappa shape index (κ1) is 14.7. The summed E-state index contributed by atoms with van der Waals surface area (Å²) in [7, 11) is 0. The molecule has 5 heteroatoms. The average molecular weight is 309 g/mol. The van der Waals surface area contributed by atoms with Crippen molar-refractivity contribution in [3.63, 3.8) is 0 Å². The number of benzene rings is 2. The lowest BCUT2D eigenvalue weighted by Gasteiger charge is -2.17. The number of hydrogen-bond donors (Lipinski definition) is 1. The molecule has 0 bridgehead atoms. The molecule has 0 heterocycles. The van der Waals surface area contributed by atoms with Crippen molar-refractivity contribution in [2.24, 2.45) is 0 Å². The number of carbonyl (C=O) groups is 1. The van der Waals surface area contributed by atoms with Crippen molar-refractivity contribution in [2.75, 3.05) is 5.32 Å². The molecule has 0 saturated heterocycles. The van der Waals surface area contributed by atoms with Crippen LogP contribution in [0.15, 0.2) is 30.3 Å². The van der Waals surface area contributed by atoms with E-state index in [0.29, 0.717) is 27.0 Å². The van der Waals surface area contributed by atoms with Gasteiger partial charge in [-0.1, -0.05) is 41.4 Å². The molecule has 20 heavy (non-hydrogen) atoms. The van der Waals surface area contributed by atoms with Gasteiger partial charge in [0.05, 0.1) is 21.7 Å². The molecule has 0 spiro atoms. The van der Waals surface area contributed by atoms with Crippen LogP contribution in [0.25, 0.3) is 0 Å². The van der Waals surface area contributed by atoms with Gasteiger partial charge in [-0.3, -0.25) is 0 Å². The molecule has 0 unspecified atom stereocenters. The third-order valence-corrected chi connectivity index (χ3v) is 3.82. The standard InChI is InChI=1S/C15H13Cl2NO2/c1-8-4-3-5-11(12(8)15(19)20)18-14-10(16)7-6-9(2)13(14)17/h3-7,18H,1-2H3,(H,19,20)/p-1. The number of carbonyl (C=O) groups excluding carboxylic acids is 1. The van der Waals surface area contributed by atoms with Crippen LogP contribution in [0.2, 0.25) is 10.0 Å². The van der Waals surface area contributed by atoms with Crippen molar-refractivity contribution < 1.29 is 9.90 Å². The Hall–Kier alpha value is -1.71. The maximum Gasteiger partial charge on any atom is 0.0765 e. The summed E-state index contributed by atoms with van der Waals surface area (Å²) in [6, 6.07) is 8.61. The Morgan fingerprint density at radius 1 is 1.10 bits per heavy atom. The molecule has 0 radical (unpaired) electrons. The molecule has 0 aromatic heterocycles. The topological polar surface area (TPSA) is 52.2 Å². The zero-order chi connectivity index (χ0) is 14.9. The van der Waals surface area contributed by atoms with Gasteiger partial charge in [0, 0.05) is 11.3 Å². The maximum absolute atomic E-state index is 11.3. The highest BCUT2D eigenvalue weighted by Gasteiger charge is 2.12. The van der Waals surface area contributed by atoms with Gasteiger partial charge in [-0.25, -0.2) is 0 Å². The van der Waals surface area contributed by atoms with Crippen LogP contribution in [0, 0.1) is 13.8 Å². The van der Waals surface area contributed by atoms with Crippen molar-refractivity contribution in [2.45, 2.75) is 13.8 Å². The monoisotopic (exact) mass is 308 g/mol. The van der Waals surface area contributed by atoms with Gasteiger partial charge in [-0.15, -0.1) is 0 Å². The van der Waals surface area contributed by atoms with Crippen molar-refractivity contribution in [3.8, 4) is 0 Å². The Morgan fingerprint density at radius 3 is 2.45 bits per heavy atom. The Bertz CT molecular complexity index is 684. The second-order valence-corrected chi connectivity index (χ2v) is 5.25. The number of hydrogen-bond acceptors (Lipinski definition) is 3. The second kappa shape index (κ2) is 5.73. The molecule has 2 aromatic carbocycles. The first-order valence-corrected chi connectivity index (χ1v) is 6.70. The minimum atomic E-state index is -1.24. The summed E-state index contributed by atoms with van der Waals surface area (Å²) in [4.78, 5) is 11.3. The van der Waals surface area contributed by atoms with E-state index in [0.717, 1.165) is 5.56 Å². The second-order valence-electron chi connectivity index (χ2n) is 4.46. The molecule has 2 rings (SSSR count). The van der Waals surface area contributed by atoms with E-state index in [-0.39, 0.29) is 5.56 Å². The smallest absolute Gasteiger partial charge is 0.0765 e. The minimum Gasteiger partial charge on any atom is -0.545 e. The van der Waals surface area contributed by atoms with Crippen LogP contribution in [-0.2, 0) is 0 Å². The highest BCUT2D eigenvalue weighted by Crippen LogP contribution is 2.36. The van der Waals surface area contributed by atoms with E-state index in [1.165, 1.54) is 0 Å². The zero-order valence-corrected chi connectivity index (χ0v) is 12.5. The van der Waals surface area contributed by atoms with Crippen LogP contribution in [-0.4, -0.2) is 5.97 Å². The fraction of sp³-hybridized carbons (Fsp3) is 0.133. The summed E-state index contributed by atoms with van der Waals surface area (Å²) < 4.78 is 0. The largest absolute Gasteiger partial charge is 0.545 e. The van der Waals surface area contributed by atoms with Gasteiger partial charge in [0.15, 0.2) is 0 Å². The first-order chi connectivity index (χ1) is 9.41. The van der Waals surface area contributed by atoms with Crippen molar-refractivity contribution in [1.29, 1.82) is 0 Å². The fourth-order valence-corrected chi connectivity index (χ4v) is 2.41. The van der Waals surface area contributed by atoms with Crippen LogP contribution in [0.4, 0.5) is 11.4 Å². The Labute approximate surface area is 127 Å². The quantitative estimate of drug-likeness (QED) is 0.940. The van der Waals surface area contributed by atoms with Crippen LogP contribution in [0.3, 0.4) is 0 Å². The number of halogens is 2. The Balaban J connectivity index is 2.54. The molecule has 0 amide bonds. The number of aromatic carboxylic acids is 1. The van der Waals surface area contributed by atoms with Gasteiger partial charge >= 0.3 is 0 Å². The highest BCUT2D eigenvalue weighted by molar-refractivity contribution is 6.39. The molecule has 3 nitrogen and oxygen atoms in total. The van der Waals surface area contributed by atoms with Gasteiger partial charge in [0.1, 0.15) is 0 Å². The van der Waals surface area contributed by atoms with E-state index in [2.05, 4.69) is 5.32 Å². The third kappa shape index (κ3) is 2.74. The summed E-state index contributed by atoms with van der Waals surface area (Å²) in [5, 5.41) is 15.1. The molecule has 0 fully saturated rings. The molecule has 0 saturated carbocycles. The maximum atomic E-state index is 11.3. The van der Waals surface area contributed by atoms with Crippen LogP contribution in [0.1, 0.15) is 21.5 Å². The van der Waals surface area contributed by atoms with Crippen LogP contribution < -0.4 is 10.4 Å². The average Bonchev–Trinajstić information content (AvgIpc) is 2.39. The van der Waals surface area contributed by atoms with Gasteiger partial charge in [-0.05, 0) is 37.1 Å². The molecule has 0 aliphatic heterocycles. The number of carboxylic acid groups (broad SMARTS) is 1. The molecule has 2 aromatic rings. The van der Waals surface area contributed by atoms with Gasteiger partial charge in [-0.2, -0.15) is 0 Å². The number of aryl methyl sites for hydroxylation is 2. The van der Waals surface area contributed by atoms with Gasteiger partial charge in [0.2, 0.25) is 0 Å². The number of carboxylic acids is 1. The predicted octanol–water partition coefficient (Wildman–Crippen LogP) is 3.72. The highest BCUT2D eigenvalue weighted by atomic mass is 35.5. The summed E-state index contributed by atoms with van der Waals surface area (Å²) in [6.45, 7) is 3.55. The van der Waals surface area contributed by atoms with E-state index in [9.17, 15) is 9.90 Å². The van der Waals surface area contributed by atoms with Crippen LogP contribution in [0.5, 0.6) is 0 Å². The van der Waals surface area contributed by atoms with E-state index < -0.39 is 5.97 Å². The summed E-state index contributed by atoms with van der Waals surface area (Å²) >= 11 is 12.3. The van der Waals surface area contributed by atoms with Gasteiger partial charge < -0.3 is 15.2 Å². The first-order valence-electron chi connectivity index (χ1n) is 5.94. The number of anilines is 2. The predicted molar refractivity (Wildman–Crippen MR) is 80.0 cm³/mol. The molecule has 0 aliphatic carbocycles. The molecule has 0 atom stereocenters. The normalized spacial score (nSPS) is 10.4. The van der Waals surface area contributed by atoms with Crippen molar-refractivity contribution in [1.82, 2.24) is 0 Å². The lowest BCUT2D eigenvalue weighted by molar-refractivity contribution is -0.254.